The van der Waals surface area contributed by atoms with E-state index in [1.807, 2.05) is 30.3 Å². The molecule has 4 nitrogen and oxygen atoms in total. The van der Waals surface area contributed by atoms with Crippen LogP contribution in [0.5, 0.6) is 11.5 Å². The van der Waals surface area contributed by atoms with Gasteiger partial charge in [0.25, 0.3) is 0 Å². The molecule has 3 aromatic rings. The van der Waals surface area contributed by atoms with Gasteiger partial charge in [-0.25, -0.2) is 4.98 Å². The van der Waals surface area contributed by atoms with E-state index in [4.69, 9.17) is 19.5 Å². The second-order valence-corrected chi connectivity index (χ2v) is 7.80. The molecule has 30 heavy (non-hydrogen) atoms. The molecule has 156 valence electrons. The quantitative estimate of drug-likeness (QED) is 0.404. The van der Waals surface area contributed by atoms with Gasteiger partial charge in [-0.2, -0.15) is 0 Å². The number of fused-ring (bicyclic) bond motifs is 2. The molecule has 0 bridgehead atoms. The fourth-order valence-corrected chi connectivity index (χ4v) is 4.10. The predicted molar refractivity (Wildman–Crippen MR) is 123 cm³/mol. The summed E-state index contributed by atoms with van der Waals surface area (Å²) in [5.74, 6) is 1.62. The Morgan fingerprint density at radius 1 is 0.967 bits per heavy atom. The van der Waals surface area contributed by atoms with E-state index in [1.165, 1.54) is 42.5 Å². The number of methoxy groups -OCH3 is 1. The summed E-state index contributed by atoms with van der Waals surface area (Å²) in [4.78, 5) is 9.57. The summed E-state index contributed by atoms with van der Waals surface area (Å²) in [7, 11) is 1.70. The molecule has 1 aliphatic heterocycles. The Morgan fingerprint density at radius 2 is 1.87 bits per heavy atom. The highest BCUT2D eigenvalue weighted by molar-refractivity contribution is 6.03. The molecule has 0 fully saturated rings. The summed E-state index contributed by atoms with van der Waals surface area (Å²) in [5.41, 5.74) is 5.55. The molecule has 2 heterocycles. The molecule has 0 amide bonds. The number of unbranched alkanes of at least 4 members (excludes halogenated alkanes) is 3. The van der Waals surface area contributed by atoms with E-state index in [0.29, 0.717) is 6.61 Å². The minimum Gasteiger partial charge on any atom is -0.493 e. The Kier molecular flexibility index (Phi) is 6.63. The van der Waals surface area contributed by atoms with E-state index in [2.05, 4.69) is 25.1 Å². The maximum atomic E-state index is 6.31. The average Bonchev–Trinajstić information content (AvgIpc) is 2.80. The van der Waals surface area contributed by atoms with E-state index in [0.717, 1.165) is 47.5 Å². The van der Waals surface area contributed by atoms with Gasteiger partial charge >= 0.3 is 0 Å². The summed E-state index contributed by atoms with van der Waals surface area (Å²) in [5, 5.41) is 1.14. The summed E-state index contributed by atoms with van der Waals surface area (Å²) in [6.07, 6.45) is 6.90. The van der Waals surface area contributed by atoms with Crippen LogP contribution in [-0.2, 0) is 13.0 Å². The molecule has 1 aliphatic rings. The Bertz CT molecular complexity index is 1040. The van der Waals surface area contributed by atoms with Crippen molar-refractivity contribution in [1.82, 2.24) is 4.98 Å². The first-order valence-corrected chi connectivity index (χ1v) is 11.0. The van der Waals surface area contributed by atoms with Crippen molar-refractivity contribution in [3.8, 4) is 11.5 Å². The van der Waals surface area contributed by atoms with Crippen LogP contribution in [-0.4, -0.2) is 24.4 Å². The fraction of sp³-hybridized carbons (Fsp3) is 0.385. The molecule has 2 aromatic carbocycles. The van der Waals surface area contributed by atoms with E-state index >= 15 is 0 Å². The Labute approximate surface area is 179 Å². The van der Waals surface area contributed by atoms with Gasteiger partial charge < -0.3 is 9.47 Å². The second-order valence-electron chi connectivity index (χ2n) is 7.80. The van der Waals surface area contributed by atoms with E-state index in [-0.39, 0.29) is 0 Å². The number of ether oxygens (including phenoxy) is 2. The zero-order chi connectivity index (χ0) is 20.8. The first-order chi connectivity index (χ1) is 14.8. The average molecular weight is 403 g/mol. The Morgan fingerprint density at radius 3 is 2.73 bits per heavy atom. The molecule has 0 saturated heterocycles. The SMILES string of the molecule is CCCCCCC1=NCCc2c1ccc(OC)c2OCc1ccc2ccccc2n1. The smallest absolute Gasteiger partial charge is 0.165 e. The van der Waals surface area contributed by atoms with Crippen LogP contribution < -0.4 is 9.47 Å². The third-order valence-corrected chi connectivity index (χ3v) is 5.71. The number of benzene rings is 2. The molecule has 1 aromatic heterocycles. The molecule has 0 saturated carbocycles. The van der Waals surface area contributed by atoms with Gasteiger partial charge in [0.05, 0.1) is 18.3 Å². The number of hydrogen-bond donors (Lipinski definition) is 0. The van der Waals surface area contributed by atoms with Crippen LogP contribution in [0.2, 0.25) is 0 Å². The van der Waals surface area contributed by atoms with E-state index < -0.39 is 0 Å². The molecule has 0 aliphatic carbocycles. The zero-order valence-corrected chi connectivity index (χ0v) is 18.0. The molecule has 0 spiro atoms. The number of aromatic nitrogens is 1. The lowest BCUT2D eigenvalue weighted by Crippen LogP contribution is -2.15. The van der Waals surface area contributed by atoms with Crippen molar-refractivity contribution in [2.45, 2.75) is 52.1 Å². The highest BCUT2D eigenvalue weighted by atomic mass is 16.5. The Balaban J connectivity index is 1.55. The van der Waals surface area contributed by atoms with Crippen molar-refractivity contribution in [2.24, 2.45) is 4.99 Å². The van der Waals surface area contributed by atoms with Crippen molar-refractivity contribution >= 4 is 16.6 Å². The lowest BCUT2D eigenvalue weighted by atomic mass is 9.93. The van der Waals surface area contributed by atoms with Gasteiger partial charge in [-0.15, -0.1) is 0 Å². The van der Waals surface area contributed by atoms with Crippen LogP contribution in [0.15, 0.2) is 53.5 Å². The maximum Gasteiger partial charge on any atom is 0.165 e. The summed E-state index contributed by atoms with van der Waals surface area (Å²) in [6, 6.07) is 16.4. The van der Waals surface area contributed by atoms with Crippen LogP contribution in [0.4, 0.5) is 0 Å². The van der Waals surface area contributed by atoms with Gasteiger partial charge in [-0.3, -0.25) is 4.99 Å². The van der Waals surface area contributed by atoms with Gasteiger partial charge in [-0.05, 0) is 43.5 Å². The van der Waals surface area contributed by atoms with E-state index in [9.17, 15) is 0 Å². The predicted octanol–water partition coefficient (Wildman–Crippen LogP) is 6.14. The van der Waals surface area contributed by atoms with Gasteiger partial charge in [0, 0.05) is 28.8 Å². The fourth-order valence-electron chi connectivity index (χ4n) is 4.10. The van der Waals surface area contributed by atoms with Crippen molar-refractivity contribution in [2.75, 3.05) is 13.7 Å². The van der Waals surface area contributed by atoms with Gasteiger partial charge in [0.15, 0.2) is 11.5 Å². The molecular weight excluding hydrogens is 372 g/mol. The number of aliphatic imine (C=N–C) groups is 1. The minimum atomic E-state index is 0.417. The summed E-state index contributed by atoms with van der Waals surface area (Å²) in [6.45, 7) is 3.47. The van der Waals surface area contributed by atoms with Crippen LogP contribution in [0.3, 0.4) is 0 Å². The maximum absolute atomic E-state index is 6.31. The van der Waals surface area contributed by atoms with Gasteiger partial charge in [-0.1, -0.05) is 50.5 Å². The molecule has 0 radical (unpaired) electrons. The van der Waals surface area contributed by atoms with Crippen LogP contribution >= 0.6 is 0 Å². The second kappa shape index (κ2) is 9.75. The third kappa shape index (κ3) is 4.48. The molecule has 4 rings (SSSR count). The first kappa shape index (κ1) is 20.4. The molecule has 4 heteroatoms. The number of nitrogens with zero attached hydrogens (tertiary/aromatic N) is 2. The summed E-state index contributed by atoms with van der Waals surface area (Å²) >= 11 is 0. The standard InChI is InChI=1S/C26H30N2O2/c1-3-4-5-6-11-24-21-14-15-25(29-2)26(22(21)16-17-27-24)30-18-20-13-12-19-9-7-8-10-23(19)28-20/h7-10,12-15H,3-6,11,16-18H2,1-2H3. The van der Waals surface area contributed by atoms with Crippen molar-refractivity contribution in [3.05, 3.63) is 65.4 Å². The highest BCUT2D eigenvalue weighted by Crippen LogP contribution is 2.37. The lowest BCUT2D eigenvalue weighted by molar-refractivity contribution is 0.278. The first-order valence-electron chi connectivity index (χ1n) is 11.0. The zero-order valence-electron chi connectivity index (χ0n) is 18.0. The number of rotatable bonds is 9. The topological polar surface area (TPSA) is 43.7 Å². The molecule has 0 N–H and O–H groups in total. The largest absolute Gasteiger partial charge is 0.493 e. The van der Waals surface area contributed by atoms with Crippen LogP contribution in [0.25, 0.3) is 10.9 Å². The van der Waals surface area contributed by atoms with Crippen molar-refractivity contribution in [3.63, 3.8) is 0 Å². The minimum absolute atomic E-state index is 0.417. The number of hydrogen-bond acceptors (Lipinski definition) is 4. The Hall–Kier alpha value is -2.88. The van der Waals surface area contributed by atoms with Crippen molar-refractivity contribution < 1.29 is 9.47 Å². The van der Waals surface area contributed by atoms with Crippen LogP contribution in [0.1, 0.15) is 55.8 Å². The van der Waals surface area contributed by atoms with Crippen LogP contribution in [0, 0.1) is 0 Å². The third-order valence-electron chi connectivity index (χ3n) is 5.71. The van der Waals surface area contributed by atoms with Gasteiger partial charge in [0.1, 0.15) is 6.61 Å². The van der Waals surface area contributed by atoms with E-state index in [1.54, 1.807) is 7.11 Å². The molecule has 0 unspecified atom stereocenters. The summed E-state index contributed by atoms with van der Waals surface area (Å²) < 4.78 is 11.9. The highest BCUT2D eigenvalue weighted by Gasteiger charge is 2.21. The monoisotopic (exact) mass is 402 g/mol. The van der Waals surface area contributed by atoms with Crippen molar-refractivity contribution in [1.29, 1.82) is 0 Å². The van der Waals surface area contributed by atoms with Gasteiger partial charge in [0.2, 0.25) is 0 Å². The normalized spacial score (nSPS) is 13.1. The number of pyridine rings is 1. The molecule has 0 atom stereocenters. The number of para-hydroxylation sites is 1. The lowest BCUT2D eigenvalue weighted by Gasteiger charge is -2.22. The molecular formula is C26H30N2O2.